The van der Waals surface area contributed by atoms with Gasteiger partial charge in [0.2, 0.25) is 6.04 Å². The molecule has 0 saturated heterocycles. The van der Waals surface area contributed by atoms with Crippen molar-refractivity contribution in [3.8, 4) is 0 Å². The van der Waals surface area contributed by atoms with Gasteiger partial charge in [-0.3, -0.25) is 4.79 Å². The predicted octanol–water partition coefficient (Wildman–Crippen LogP) is 3.16. The molecule has 1 aromatic carbocycles. The highest BCUT2D eigenvalue weighted by molar-refractivity contribution is 6.03. The standard InChI is InChI=1S/C19H26N2O3/c1-4-16(21-12-7-5-6-8-13-21)18(22)20-17-14(2)10-9-11-15(17)19(23)24-3/h9-12,16H,4-8,13H2,1-3H3/p+1. The molecule has 5 heteroatoms. The van der Waals surface area contributed by atoms with Crippen molar-refractivity contribution >= 4 is 23.8 Å². The van der Waals surface area contributed by atoms with E-state index >= 15 is 0 Å². The molecule has 5 nitrogen and oxygen atoms in total. The van der Waals surface area contributed by atoms with Gasteiger partial charge >= 0.3 is 5.97 Å². The van der Waals surface area contributed by atoms with E-state index in [9.17, 15) is 9.59 Å². The average molecular weight is 331 g/mol. The lowest BCUT2D eigenvalue weighted by Crippen LogP contribution is -2.39. The van der Waals surface area contributed by atoms with Crippen LogP contribution in [-0.4, -0.2) is 42.4 Å². The predicted molar refractivity (Wildman–Crippen MR) is 94.9 cm³/mol. The zero-order valence-corrected chi connectivity index (χ0v) is 14.8. The van der Waals surface area contributed by atoms with E-state index in [1.165, 1.54) is 20.0 Å². The van der Waals surface area contributed by atoms with Crippen LogP contribution in [0.2, 0.25) is 0 Å². The topological polar surface area (TPSA) is 58.4 Å². The minimum absolute atomic E-state index is 0.0740. The molecule has 0 aromatic heterocycles. The van der Waals surface area contributed by atoms with Gasteiger partial charge in [0.25, 0.3) is 5.91 Å². The van der Waals surface area contributed by atoms with E-state index in [4.69, 9.17) is 4.74 Å². The Hall–Kier alpha value is -2.17. The maximum Gasteiger partial charge on any atom is 0.339 e. The zero-order chi connectivity index (χ0) is 17.5. The Labute approximate surface area is 143 Å². The molecule has 0 aliphatic carbocycles. The molecule has 24 heavy (non-hydrogen) atoms. The summed E-state index contributed by atoms with van der Waals surface area (Å²) in [6, 6.07) is 5.12. The molecule has 0 bridgehead atoms. The highest BCUT2D eigenvalue weighted by atomic mass is 16.5. The molecule has 1 amide bonds. The third-order valence-electron chi connectivity index (χ3n) is 4.50. The molecule has 1 atom stereocenters. The molecule has 1 N–H and O–H groups in total. The van der Waals surface area contributed by atoms with E-state index in [1.807, 2.05) is 19.9 Å². The van der Waals surface area contributed by atoms with Crippen molar-refractivity contribution in [1.29, 1.82) is 0 Å². The molecule has 1 aliphatic heterocycles. The van der Waals surface area contributed by atoms with Crippen molar-refractivity contribution in [2.24, 2.45) is 0 Å². The Bertz CT molecular complexity index is 637. The molecule has 2 rings (SSSR count). The van der Waals surface area contributed by atoms with Gasteiger partial charge in [0, 0.05) is 19.3 Å². The number of amides is 1. The second kappa shape index (κ2) is 8.62. The monoisotopic (exact) mass is 331 g/mol. The SMILES string of the molecule is CCC(C(=O)Nc1c(C)cccc1C(=O)OC)[N+]1=CCCCCC1. The Morgan fingerprint density at radius 1 is 1.29 bits per heavy atom. The van der Waals surface area contributed by atoms with E-state index in [0.717, 1.165) is 31.4 Å². The summed E-state index contributed by atoms with van der Waals surface area (Å²) in [5.41, 5.74) is 1.78. The van der Waals surface area contributed by atoms with Gasteiger partial charge in [-0.15, -0.1) is 0 Å². The van der Waals surface area contributed by atoms with Gasteiger partial charge in [0.15, 0.2) is 0 Å². The van der Waals surface area contributed by atoms with Crippen LogP contribution >= 0.6 is 0 Å². The quantitative estimate of drug-likeness (QED) is 0.666. The number of ether oxygens (including phenoxy) is 1. The molecule has 0 spiro atoms. The van der Waals surface area contributed by atoms with Crippen molar-refractivity contribution in [2.45, 2.75) is 52.0 Å². The maximum atomic E-state index is 12.8. The molecule has 1 aliphatic rings. The van der Waals surface area contributed by atoms with E-state index in [-0.39, 0.29) is 11.9 Å². The highest BCUT2D eigenvalue weighted by Gasteiger charge is 2.29. The summed E-state index contributed by atoms with van der Waals surface area (Å²) in [4.78, 5) is 24.8. The third-order valence-corrected chi connectivity index (χ3v) is 4.50. The second-order valence-corrected chi connectivity index (χ2v) is 6.17. The van der Waals surface area contributed by atoms with Gasteiger partial charge in [-0.1, -0.05) is 19.1 Å². The third kappa shape index (κ3) is 4.22. The Kier molecular flexibility index (Phi) is 6.53. The number of esters is 1. The van der Waals surface area contributed by atoms with Crippen LogP contribution in [0.3, 0.4) is 0 Å². The first-order valence-corrected chi connectivity index (χ1v) is 8.66. The summed E-state index contributed by atoms with van der Waals surface area (Å²) in [7, 11) is 1.34. The number of carbonyl (C=O) groups is 2. The van der Waals surface area contributed by atoms with Crippen LogP contribution in [0.25, 0.3) is 0 Å². The smallest absolute Gasteiger partial charge is 0.339 e. The fraction of sp³-hybridized carbons (Fsp3) is 0.526. The molecule has 1 aromatic rings. The zero-order valence-electron chi connectivity index (χ0n) is 14.8. The van der Waals surface area contributed by atoms with Gasteiger partial charge in [-0.25, -0.2) is 9.37 Å². The molecule has 0 fully saturated rings. The lowest BCUT2D eigenvalue weighted by molar-refractivity contribution is -0.548. The van der Waals surface area contributed by atoms with Crippen LogP contribution in [0, 0.1) is 6.92 Å². The molecule has 1 heterocycles. The van der Waals surface area contributed by atoms with Crippen LogP contribution in [-0.2, 0) is 9.53 Å². The fourth-order valence-corrected chi connectivity index (χ4v) is 3.14. The van der Waals surface area contributed by atoms with Gasteiger partial charge in [0.05, 0.1) is 18.4 Å². The van der Waals surface area contributed by atoms with E-state index < -0.39 is 5.97 Å². The number of aryl methyl sites for hydroxylation is 1. The van der Waals surface area contributed by atoms with Crippen molar-refractivity contribution in [3.63, 3.8) is 0 Å². The van der Waals surface area contributed by atoms with Crippen molar-refractivity contribution in [1.82, 2.24) is 0 Å². The van der Waals surface area contributed by atoms with E-state index in [0.29, 0.717) is 11.3 Å². The fourth-order valence-electron chi connectivity index (χ4n) is 3.14. The van der Waals surface area contributed by atoms with Crippen molar-refractivity contribution in [3.05, 3.63) is 29.3 Å². The second-order valence-electron chi connectivity index (χ2n) is 6.17. The number of anilines is 1. The summed E-state index contributed by atoms with van der Waals surface area (Å²) < 4.78 is 6.98. The Morgan fingerprint density at radius 3 is 2.79 bits per heavy atom. The number of para-hydroxylation sites is 1. The summed E-state index contributed by atoms with van der Waals surface area (Å²) in [5, 5.41) is 2.96. The maximum absolute atomic E-state index is 12.8. The number of benzene rings is 1. The Morgan fingerprint density at radius 2 is 2.08 bits per heavy atom. The summed E-state index contributed by atoms with van der Waals surface area (Å²) >= 11 is 0. The van der Waals surface area contributed by atoms with Crippen LogP contribution in [0.1, 0.15) is 54.9 Å². The number of rotatable bonds is 5. The normalized spacial score (nSPS) is 15.9. The van der Waals surface area contributed by atoms with E-state index in [2.05, 4.69) is 16.1 Å². The largest absolute Gasteiger partial charge is 0.465 e. The molecule has 1 unspecified atom stereocenters. The van der Waals surface area contributed by atoms with Gasteiger partial charge in [0.1, 0.15) is 12.8 Å². The van der Waals surface area contributed by atoms with Gasteiger partial charge in [-0.05, 0) is 31.4 Å². The minimum atomic E-state index is -0.441. The van der Waals surface area contributed by atoms with E-state index in [1.54, 1.807) is 12.1 Å². The number of hydrogen-bond acceptors (Lipinski definition) is 3. The van der Waals surface area contributed by atoms with Crippen LogP contribution in [0.15, 0.2) is 18.2 Å². The van der Waals surface area contributed by atoms with Crippen LogP contribution < -0.4 is 5.32 Å². The first-order chi connectivity index (χ1) is 11.6. The number of methoxy groups -OCH3 is 1. The number of nitrogens with one attached hydrogen (secondary N) is 1. The summed E-state index contributed by atoms with van der Waals surface area (Å²) in [6.45, 7) is 4.80. The lowest BCUT2D eigenvalue weighted by Gasteiger charge is -2.17. The first-order valence-electron chi connectivity index (χ1n) is 8.66. The van der Waals surface area contributed by atoms with Gasteiger partial charge in [-0.2, -0.15) is 0 Å². The average Bonchev–Trinajstić information content (AvgIpc) is 2.86. The highest BCUT2D eigenvalue weighted by Crippen LogP contribution is 2.22. The van der Waals surface area contributed by atoms with Crippen LogP contribution in [0.4, 0.5) is 5.69 Å². The molecule has 0 saturated carbocycles. The first kappa shape index (κ1) is 18.2. The molecular formula is C19H27N2O3+. The van der Waals surface area contributed by atoms with Crippen molar-refractivity contribution < 1.29 is 18.9 Å². The number of hydrogen-bond donors (Lipinski definition) is 1. The molecule has 0 radical (unpaired) electrons. The van der Waals surface area contributed by atoms with Crippen LogP contribution in [0.5, 0.6) is 0 Å². The number of nitrogens with zero attached hydrogens (tertiary/aromatic N) is 1. The summed E-state index contributed by atoms with van der Waals surface area (Å²) in [5.74, 6) is -0.515. The van der Waals surface area contributed by atoms with Crippen molar-refractivity contribution in [2.75, 3.05) is 19.0 Å². The molecule has 130 valence electrons. The number of carbonyl (C=O) groups excluding carboxylic acids is 2. The molecular weight excluding hydrogens is 304 g/mol. The van der Waals surface area contributed by atoms with Gasteiger partial charge < -0.3 is 10.1 Å². The lowest BCUT2D eigenvalue weighted by atomic mass is 10.1. The summed E-state index contributed by atoms with van der Waals surface area (Å²) in [6.07, 6.45) is 7.38. The Balaban J connectivity index is 2.24. The minimum Gasteiger partial charge on any atom is -0.465 e.